The highest BCUT2D eigenvalue weighted by Gasteiger charge is 1.99. The van der Waals surface area contributed by atoms with Crippen molar-refractivity contribution in [3.8, 4) is 0 Å². The fourth-order valence-electron chi connectivity index (χ4n) is 0.835. The summed E-state index contributed by atoms with van der Waals surface area (Å²) in [6.07, 6.45) is 0.358. The topological polar surface area (TPSA) is 60.4 Å². The van der Waals surface area contributed by atoms with Crippen LogP contribution in [0.1, 0.15) is 5.56 Å². The summed E-state index contributed by atoms with van der Waals surface area (Å²) in [7, 11) is 6.21. The molecule has 1 aromatic carbocycles. The molecule has 4 nitrogen and oxygen atoms in total. The molecule has 1 aromatic rings. The first-order chi connectivity index (χ1) is 7.33. The van der Waals surface area contributed by atoms with Crippen LogP contribution in [0.15, 0.2) is 30.3 Å². The highest BCUT2D eigenvalue weighted by atomic mass is 36.0. The summed E-state index contributed by atoms with van der Waals surface area (Å²) < 4.78 is 22.8. The molecule has 7 heteroatoms. The Morgan fingerprint density at radius 2 is 1.69 bits per heavy atom. The van der Waals surface area contributed by atoms with Crippen molar-refractivity contribution in [2.24, 2.45) is 0 Å². The molecular weight excluding hydrogens is 275 g/mol. The second-order valence-electron chi connectivity index (χ2n) is 2.62. The van der Waals surface area contributed by atoms with Crippen LogP contribution >= 0.6 is 21.4 Å². The van der Waals surface area contributed by atoms with E-state index in [2.05, 4.69) is 26.1 Å². The monoisotopic (exact) mass is 284 g/mol. The van der Waals surface area contributed by atoms with Crippen molar-refractivity contribution < 1.29 is 17.9 Å². The van der Waals surface area contributed by atoms with Gasteiger partial charge in [0.2, 0.25) is 0 Å². The second-order valence-corrected chi connectivity index (χ2v) is 6.29. The van der Waals surface area contributed by atoms with Crippen LogP contribution in [0, 0.1) is 0 Å². The minimum Gasteiger partial charge on any atom is -0.469 e. The van der Waals surface area contributed by atoms with E-state index in [1.807, 2.05) is 30.3 Å². The van der Waals surface area contributed by atoms with Gasteiger partial charge in [0.05, 0.1) is 13.5 Å². The molecule has 0 bridgehead atoms. The molecule has 0 N–H and O–H groups in total. The first-order valence-electron chi connectivity index (χ1n) is 4.08. The average molecular weight is 285 g/mol. The molecule has 0 saturated carbocycles. The molecule has 0 aliphatic carbocycles. The zero-order valence-electron chi connectivity index (χ0n) is 8.39. The zero-order chi connectivity index (χ0) is 12.6. The van der Waals surface area contributed by atoms with Crippen LogP contribution < -0.4 is 0 Å². The summed E-state index contributed by atoms with van der Waals surface area (Å²) in [5.74, 6) is -0.198. The van der Waals surface area contributed by atoms with E-state index in [1.54, 1.807) is 0 Å². The maximum Gasteiger partial charge on any atom is 0.317 e. The lowest BCUT2D eigenvalue weighted by molar-refractivity contribution is -0.139. The van der Waals surface area contributed by atoms with E-state index in [0.717, 1.165) is 5.56 Å². The zero-order valence-corrected chi connectivity index (χ0v) is 10.7. The number of esters is 1. The van der Waals surface area contributed by atoms with Crippen LogP contribution in [0.5, 0.6) is 0 Å². The lowest BCUT2D eigenvalue weighted by atomic mass is 10.2. The van der Waals surface area contributed by atoms with Gasteiger partial charge in [0.25, 0.3) is 0 Å². The van der Waals surface area contributed by atoms with Gasteiger partial charge in [0.15, 0.2) is 0 Å². The molecule has 0 aliphatic rings. The van der Waals surface area contributed by atoms with Gasteiger partial charge in [-0.2, -0.15) is 8.42 Å². The molecule has 0 saturated heterocycles. The maximum absolute atomic E-state index is 10.8. The van der Waals surface area contributed by atoms with Crippen molar-refractivity contribution in [1.29, 1.82) is 0 Å². The molecule has 90 valence electrons. The van der Waals surface area contributed by atoms with E-state index in [9.17, 15) is 4.79 Å². The number of carbonyl (C=O) groups is 1. The van der Waals surface area contributed by atoms with Crippen LogP contribution in [0.3, 0.4) is 0 Å². The average Bonchev–Trinajstić information content (AvgIpc) is 2.16. The van der Waals surface area contributed by atoms with Gasteiger partial charge >= 0.3 is 14.2 Å². The summed E-state index contributed by atoms with van der Waals surface area (Å²) >= 11 is 0. The Labute approximate surface area is 103 Å². The van der Waals surface area contributed by atoms with Gasteiger partial charge in [-0.05, 0) is 5.56 Å². The molecule has 0 radical (unpaired) electrons. The van der Waals surface area contributed by atoms with Gasteiger partial charge in [0, 0.05) is 21.4 Å². The Kier molecular flexibility index (Phi) is 7.12. The highest BCUT2D eigenvalue weighted by molar-refractivity contribution is 8.31. The fraction of sp³-hybridized carbons (Fsp3) is 0.222. The van der Waals surface area contributed by atoms with E-state index >= 15 is 0 Å². The third-order valence-corrected chi connectivity index (χ3v) is 1.42. The molecule has 0 spiro atoms. The number of hydrogen-bond acceptors (Lipinski definition) is 4. The van der Waals surface area contributed by atoms with Gasteiger partial charge in [0.1, 0.15) is 0 Å². The Morgan fingerprint density at radius 1 is 1.25 bits per heavy atom. The lowest BCUT2D eigenvalue weighted by Crippen LogP contribution is -2.03. The van der Waals surface area contributed by atoms with E-state index in [4.69, 9.17) is 8.42 Å². The number of methoxy groups -OCH3 is 1. The smallest absolute Gasteiger partial charge is 0.317 e. The Bertz CT molecular complexity index is 408. The van der Waals surface area contributed by atoms with E-state index in [-0.39, 0.29) is 5.97 Å². The van der Waals surface area contributed by atoms with Crippen molar-refractivity contribution in [1.82, 2.24) is 0 Å². The predicted molar refractivity (Wildman–Crippen MR) is 62.8 cm³/mol. The summed E-state index contributed by atoms with van der Waals surface area (Å²) in [5, 5.41) is 0. The fourth-order valence-corrected chi connectivity index (χ4v) is 0.835. The Morgan fingerprint density at radius 3 is 2.06 bits per heavy atom. The molecule has 0 aliphatic heterocycles. The standard InChI is InChI=1S/C9H10O2.Cl2O2S/c1-11-9(10)7-8-5-3-2-4-6-8;1-5(2,3)4/h2-6H,7H2,1H3;. The summed E-state index contributed by atoms with van der Waals surface area (Å²) in [5.41, 5.74) is 0.986. The Hall–Kier alpha value is -0.780. The van der Waals surface area contributed by atoms with E-state index < -0.39 is 8.26 Å². The van der Waals surface area contributed by atoms with Crippen LogP contribution in [0.2, 0.25) is 0 Å². The van der Waals surface area contributed by atoms with Crippen molar-refractivity contribution >= 4 is 35.6 Å². The van der Waals surface area contributed by atoms with Crippen LogP contribution in [-0.4, -0.2) is 21.5 Å². The number of benzene rings is 1. The predicted octanol–water partition coefficient (Wildman–Crippen LogP) is 2.11. The van der Waals surface area contributed by atoms with Gasteiger partial charge in [-0.3, -0.25) is 4.79 Å². The molecule has 0 amide bonds. The summed E-state index contributed by atoms with van der Waals surface area (Å²) in [6, 6.07) is 9.52. The minimum atomic E-state index is -3.72. The maximum atomic E-state index is 10.8. The largest absolute Gasteiger partial charge is 0.469 e. The number of ether oxygens (including phenoxy) is 1. The number of rotatable bonds is 2. The molecule has 0 unspecified atom stereocenters. The van der Waals surface area contributed by atoms with Crippen LogP contribution in [-0.2, 0) is 24.2 Å². The van der Waals surface area contributed by atoms with Crippen molar-refractivity contribution in [2.75, 3.05) is 7.11 Å². The third kappa shape index (κ3) is 11.3. The normalized spacial score (nSPS) is 9.94. The van der Waals surface area contributed by atoms with E-state index in [1.165, 1.54) is 7.11 Å². The van der Waals surface area contributed by atoms with Gasteiger partial charge in [-0.25, -0.2) is 0 Å². The molecule has 0 aromatic heterocycles. The molecule has 0 atom stereocenters. The van der Waals surface area contributed by atoms with Crippen LogP contribution in [0.4, 0.5) is 0 Å². The van der Waals surface area contributed by atoms with Crippen LogP contribution in [0.25, 0.3) is 0 Å². The first-order valence-corrected chi connectivity index (χ1v) is 7.21. The molecule has 16 heavy (non-hydrogen) atoms. The highest BCUT2D eigenvalue weighted by Crippen LogP contribution is 1.99. The second kappa shape index (κ2) is 7.49. The van der Waals surface area contributed by atoms with Gasteiger partial charge in [-0.1, -0.05) is 30.3 Å². The first kappa shape index (κ1) is 15.2. The molecule has 1 rings (SSSR count). The molecule has 0 heterocycles. The van der Waals surface area contributed by atoms with Gasteiger partial charge in [-0.15, -0.1) is 0 Å². The lowest BCUT2D eigenvalue weighted by Gasteiger charge is -1.97. The van der Waals surface area contributed by atoms with Crippen molar-refractivity contribution in [3.63, 3.8) is 0 Å². The number of hydrogen-bond donors (Lipinski definition) is 0. The minimum absolute atomic E-state index is 0.198. The quantitative estimate of drug-likeness (QED) is 0.617. The third-order valence-electron chi connectivity index (χ3n) is 1.42. The van der Waals surface area contributed by atoms with Gasteiger partial charge < -0.3 is 4.74 Å². The SMILES string of the molecule is COC(=O)Cc1ccccc1.O=S(=O)(Cl)Cl. The van der Waals surface area contributed by atoms with Crippen molar-refractivity contribution in [2.45, 2.75) is 6.42 Å². The number of carbonyl (C=O) groups excluding carboxylic acids is 1. The summed E-state index contributed by atoms with van der Waals surface area (Å²) in [6.45, 7) is 0. The Balaban J connectivity index is 0.000000385. The molecular formula is C9H10Cl2O4S. The number of halogens is 2. The van der Waals surface area contributed by atoms with Crippen molar-refractivity contribution in [3.05, 3.63) is 35.9 Å². The summed E-state index contributed by atoms with van der Waals surface area (Å²) in [4.78, 5) is 10.8. The van der Waals surface area contributed by atoms with E-state index in [0.29, 0.717) is 6.42 Å². The molecule has 0 fully saturated rings.